The summed E-state index contributed by atoms with van der Waals surface area (Å²) in [5, 5.41) is 32.6. The Hall–Kier alpha value is -4.88. The van der Waals surface area contributed by atoms with Crippen molar-refractivity contribution in [3.63, 3.8) is 0 Å². The fourth-order valence-corrected chi connectivity index (χ4v) is 5.20. The average Bonchev–Trinajstić information content (AvgIpc) is 3.64. The second kappa shape index (κ2) is 10.8. The van der Waals surface area contributed by atoms with E-state index in [0.29, 0.717) is 28.5 Å². The van der Waals surface area contributed by atoms with Crippen molar-refractivity contribution in [2.24, 2.45) is 0 Å². The second-order valence-corrected chi connectivity index (χ2v) is 9.65. The Morgan fingerprint density at radius 3 is 2.03 bits per heavy atom. The van der Waals surface area contributed by atoms with Gasteiger partial charge >= 0.3 is 17.7 Å². The lowest BCUT2D eigenvalue weighted by Gasteiger charge is -2.20. The maximum atomic E-state index is 12.0. The Morgan fingerprint density at radius 1 is 0.872 bits per heavy atom. The molecule has 198 valence electrons. The number of aromatic nitrogens is 1. The monoisotopic (exact) mass is 548 g/mol. The lowest BCUT2D eigenvalue weighted by Crippen LogP contribution is -2.22. The fourth-order valence-electron chi connectivity index (χ4n) is 4.15. The number of hydrogen-bond acceptors (Lipinski definition) is 9. The van der Waals surface area contributed by atoms with Gasteiger partial charge in [0.15, 0.2) is 0 Å². The molecule has 3 aromatic heterocycles. The molecule has 12 nitrogen and oxygen atoms in total. The van der Waals surface area contributed by atoms with Gasteiger partial charge in [-0.2, -0.15) is 0 Å². The standard InChI is InChI=1S/C26H20N4O8S/c31-26(32)24-25(39-19-4-2-1-3-5-19)20-9-6-16(12-21(20)27-24)13-28(14-17-7-10-22(37-17)29(33)34)15-18-8-11-23(38-18)30(35)36/h1-12,27H,13-15H2,(H,31,32). The minimum Gasteiger partial charge on any atom is -0.477 e. The molecule has 0 bridgehead atoms. The molecule has 0 saturated heterocycles. The maximum absolute atomic E-state index is 12.0. The van der Waals surface area contributed by atoms with Gasteiger partial charge < -0.3 is 18.9 Å². The third-order valence-corrected chi connectivity index (χ3v) is 6.95. The number of benzene rings is 2. The van der Waals surface area contributed by atoms with Gasteiger partial charge in [-0.15, -0.1) is 0 Å². The molecule has 3 heterocycles. The fraction of sp³-hybridized carbons (Fsp3) is 0.115. The van der Waals surface area contributed by atoms with E-state index in [9.17, 15) is 30.1 Å². The number of aromatic amines is 1. The van der Waals surface area contributed by atoms with Crippen LogP contribution in [0.3, 0.4) is 0 Å². The molecule has 0 aliphatic rings. The number of nitrogens with zero attached hydrogens (tertiary/aromatic N) is 3. The molecule has 0 atom stereocenters. The molecule has 0 saturated carbocycles. The van der Waals surface area contributed by atoms with Crippen molar-refractivity contribution in [1.29, 1.82) is 0 Å². The number of carbonyl (C=O) groups is 1. The summed E-state index contributed by atoms with van der Waals surface area (Å²) in [5.74, 6) is -1.20. The van der Waals surface area contributed by atoms with Gasteiger partial charge in [-0.25, -0.2) is 4.79 Å². The Balaban J connectivity index is 1.44. The molecule has 13 heteroatoms. The molecule has 0 unspecified atom stereocenters. The molecule has 5 aromatic rings. The number of carboxylic acids is 1. The van der Waals surface area contributed by atoms with Crippen LogP contribution in [0.1, 0.15) is 27.6 Å². The number of furan rings is 2. The molecule has 0 fully saturated rings. The number of nitrogens with one attached hydrogen (secondary N) is 1. The highest BCUT2D eigenvalue weighted by molar-refractivity contribution is 7.99. The van der Waals surface area contributed by atoms with E-state index < -0.39 is 27.6 Å². The van der Waals surface area contributed by atoms with Crippen molar-refractivity contribution in [3.05, 3.63) is 116 Å². The molecular weight excluding hydrogens is 528 g/mol. The van der Waals surface area contributed by atoms with Crippen molar-refractivity contribution in [2.45, 2.75) is 29.4 Å². The van der Waals surface area contributed by atoms with E-state index >= 15 is 0 Å². The molecule has 0 spiro atoms. The van der Waals surface area contributed by atoms with E-state index in [1.165, 1.54) is 36.0 Å². The first-order valence-electron chi connectivity index (χ1n) is 11.6. The summed E-state index contributed by atoms with van der Waals surface area (Å²) in [6.07, 6.45) is 0. The van der Waals surface area contributed by atoms with Crippen LogP contribution in [0.25, 0.3) is 10.9 Å². The van der Waals surface area contributed by atoms with Crippen LogP contribution < -0.4 is 0 Å². The van der Waals surface area contributed by atoms with Crippen molar-refractivity contribution < 1.29 is 28.6 Å². The zero-order valence-corrected chi connectivity index (χ0v) is 20.9. The normalized spacial score (nSPS) is 11.3. The van der Waals surface area contributed by atoms with Gasteiger partial charge in [0.25, 0.3) is 0 Å². The predicted octanol–water partition coefficient (Wildman–Crippen LogP) is 6.22. The number of H-pyrrole nitrogens is 1. The summed E-state index contributed by atoms with van der Waals surface area (Å²) >= 11 is 1.35. The molecule has 2 aromatic carbocycles. The molecule has 39 heavy (non-hydrogen) atoms. The van der Waals surface area contributed by atoms with Crippen LogP contribution in [-0.2, 0) is 19.6 Å². The molecule has 0 aliphatic heterocycles. The number of carboxylic acid groups (broad SMARTS) is 1. The topological polar surface area (TPSA) is 169 Å². The van der Waals surface area contributed by atoms with Crippen LogP contribution in [0.15, 0.2) is 91.4 Å². The van der Waals surface area contributed by atoms with Gasteiger partial charge in [-0.1, -0.05) is 42.1 Å². The van der Waals surface area contributed by atoms with Crippen molar-refractivity contribution in [2.75, 3.05) is 0 Å². The van der Waals surface area contributed by atoms with Gasteiger partial charge in [-0.05, 0) is 35.9 Å². The van der Waals surface area contributed by atoms with Crippen LogP contribution in [0.4, 0.5) is 11.8 Å². The lowest BCUT2D eigenvalue weighted by atomic mass is 10.1. The third kappa shape index (κ3) is 5.84. The maximum Gasteiger partial charge on any atom is 0.433 e. The zero-order valence-electron chi connectivity index (χ0n) is 20.1. The summed E-state index contributed by atoms with van der Waals surface area (Å²) < 4.78 is 10.6. The van der Waals surface area contributed by atoms with Crippen LogP contribution in [-0.4, -0.2) is 30.8 Å². The number of nitro groups is 2. The molecule has 5 rings (SSSR count). The highest BCUT2D eigenvalue weighted by Crippen LogP contribution is 2.37. The van der Waals surface area contributed by atoms with Crippen LogP contribution in [0.5, 0.6) is 0 Å². The Kier molecular flexibility index (Phi) is 7.17. The quantitative estimate of drug-likeness (QED) is 0.143. The first kappa shape index (κ1) is 25.8. The van der Waals surface area contributed by atoms with Gasteiger partial charge in [0.05, 0.1) is 30.1 Å². The van der Waals surface area contributed by atoms with Crippen molar-refractivity contribution in [3.8, 4) is 0 Å². The largest absolute Gasteiger partial charge is 0.477 e. The molecule has 0 aliphatic carbocycles. The summed E-state index contributed by atoms with van der Waals surface area (Å²) in [7, 11) is 0. The number of hydrogen-bond donors (Lipinski definition) is 2. The first-order chi connectivity index (χ1) is 18.8. The Bertz CT molecular complexity index is 1620. The number of rotatable bonds is 11. The van der Waals surface area contributed by atoms with E-state index in [2.05, 4.69) is 4.98 Å². The zero-order chi connectivity index (χ0) is 27.5. The molecule has 0 radical (unpaired) electrons. The van der Waals surface area contributed by atoms with E-state index in [1.54, 1.807) is 0 Å². The van der Waals surface area contributed by atoms with Crippen molar-refractivity contribution in [1.82, 2.24) is 9.88 Å². The highest BCUT2D eigenvalue weighted by Gasteiger charge is 2.21. The summed E-state index contributed by atoms with van der Waals surface area (Å²) in [6, 6.07) is 20.5. The van der Waals surface area contributed by atoms with Crippen LogP contribution in [0.2, 0.25) is 0 Å². The second-order valence-electron chi connectivity index (χ2n) is 8.57. The van der Waals surface area contributed by atoms with E-state index in [0.717, 1.165) is 15.8 Å². The molecule has 2 N–H and O–H groups in total. The number of aromatic carboxylic acids is 1. The summed E-state index contributed by atoms with van der Waals surface area (Å²) in [5.41, 5.74) is 1.52. The van der Waals surface area contributed by atoms with Gasteiger partial charge in [0.1, 0.15) is 27.1 Å². The van der Waals surface area contributed by atoms with E-state index in [4.69, 9.17) is 8.83 Å². The van der Waals surface area contributed by atoms with Crippen LogP contribution in [0, 0.1) is 20.2 Å². The van der Waals surface area contributed by atoms with Gasteiger partial charge in [-0.3, -0.25) is 25.1 Å². The van der Waals surface area contributed by atoms with E-state index in [-0.39, 0.29) is 18.8 Å². The van der Waals surface area contributed by atoms with Gasteiger partial charge in [0.2, 0.25) is 0 Å². The van der Waals surface area contributed by atoms with Crippen LogP contribution >= 0.6 is 11.8 Å². The highest BCUT2D eigenvalue weighted by atomic mass is 32.2. The first-order valence-corrected chi connectivity index (χ1v) is 12.4. The summed E-state index contributed by atoms with van der Waals surface area (Å²) in [6.45, 7) is 0.614. The minimum atomic E-state index is -1.08. The van der Waals surface area contributed by atoms with Crippen molar-refractivity contribution >= 4 is 40.4 Å². The minimum absolute atomic E-state index is 0.0821. The number of fused-ring (bicyclic) bond motifs is 1. The Morgan fingerprint density at radius 2 is 1.49 bits per heavy atom. The predicted molar refractivity (Wildman–Crippen MR) is 139 cm³/mol. The lowest BCUT2D eigenvalue weighted by molar-refractivity contribution is -0.402. The smallest absolute Gasteiger partial charge is 0.433 e. The SMILES string of the molecule is O=C(O)c1[nH]c2cc(CN(Cc3ccc([N+](=O)[O-])o3)Cc3ccc([N+](=O)[O-])o3)ccc2c1Sc1ccccc1. The Labute approximate surface area is 224 Å². The summed E-state index contributed by atoms with van der Waals surface area (Å²) in [4.78, 5) is 39.1. The average molecular weight is 549 g/mol. The molecule has 0 amide bonds. The molecular formula is C26H20N4O8S. The van der Waals surface area contributed by atoms with Gasteiger partial charge in [0, 0.05) is 22.3 Å². The van der Waals surface area contributed by atoms with E-state index in [1.807, 2.05) is 53.4 Å². The third-order valence-electron chi connectivity index (χ3n) is 5.81.